The molecule has 0 spiro atoms. The number of rotatable bonds is 6. The second kappa shape index (κ2) is 9.29. The normalized spacial score (nSPS) is 21.4. The Morgan fingerprint density at radius 3 is 2.77 bits per heavy atom. The number of amides is 2. The molecular weight excluding hydrogens is 398 g/mol. The van der Waals surface area contributed by atoms with Crippen molar-refractivity contribution in [2.45, 2.75) is 70.8 Å². The summed E-state index contributed by atoms with van der Waals surface area (Å²) in [7, 11) is 0. The average molecular weight is 430 g/mol. The molecule has 0 radical (unpaired) electrons. The molecule has 1 aliphatic carbocycles. The minimum Gasteiger partial charge on any atom is -0.341 e. The maximum Gasteiger partial charge on any atom is 0.226 e. The fraction of sp³-hybridized carbons (Fsp3) is 0.636. The van der Waals surface area contributed by atoms with Gasteiger partial charge in [-0.25, -0.2) is 4.98 Å². The largest absolute Gasteiger partial charge is 0.341 e. The Kier molecular flexibility index (Phi) is 6.51. The number of aromatic nitrogens is 3. The molecule has 2 aromatic rings. The summed E-state index contributed by atoms with van der Waals surface area (Å²) in [6, 6.07) is 0.243. The summed E-state index contributed by atoms with van der Waals surface area (Å²) in [5.41, 5.74) is 0.914. The number of hydrogen-bond donors (Lipinski definition) is 1. The fourth-order valence-electron chi connectivity index (χ4n) is 4.97. The molecule has 30 heavy (non-hydrogen) atoms. The third-order valence-corrected chi connectivity index (χ3v) is 7.20. The maximum atomic E-state index is 13.3. The van der Waals surface area contributed by atoms with Crippen LogP contribution >= 0.6 is 11.3 Å². The van der Waals surface area contributed by atoms with Crippen molar-refractivity contribution in [3.05, 3.63) is 29.5 Å². The van der Waals surface area contributed by atoms with Crippen molar-refractivity contribution in [1.29, 1.82) is 0 Å². The lowest BCUT2D eigenvalue weighted by atomic mass is 9.69. The van der Waals surface area contributed by atoms with Gasteiger partial charge in [0.1, 0.15) is 0 Å². The van der Waals surface area contributed by atoms with Gasteiger partial charge in [0.05, 0.1) is 12.2 Å². The molecule has 2 aromatic heterocycles. The number of hydrogen-bond acceptors (Lipinski definition) is 5. The molecule has 162 valence electrons. The van der Waals surface area contributed by atoms with E-state index in [-0.39, 0.29) is 23.3 Å². The number of carbonyl (C=O) groups excluding carboxylic acids is 2. The summed E-state index contributed by atoms with van der Waals surface area (Å²) in [6.45, 7) is 3.55. The van der Waals surface area contributed by atoms with Crippen LogP contribution in [0.25, 0.3) is 0 Å². The molecule has 2 fully saturated rings. The van der Waals surface area contributed by atoms with E-state index in [4.69, 9.17) is 0 Å². The third kappa shape index (κ3) is 5.09. The van der Waals surface area contributed by atoms with E-state index >= 15 is 0 Å². The van der Waals surface area contributed by atoms with Gasteiger partial charge in [-0.05, 0) is 43.6 Å². The topological polar surface area (TPSA) is 80.1 Å². The molecule has 1 aliphatic heterocycles. The van der Waals surface area contributed by atoms with Gasteiger partial charge in [0.2, 0.25) is 11.8 Å². The summed E-state index contributed by atoms with van der Waals surface area (Å²) < 4.78 is 2.01. The number of nitrogens with one attached hydrogen (secondary N) is 1. The standard InChI is InChI=1S/C22H31N5O2S/c1-17-14-24-27(15-17)18-6-5-10-26(16-18)20(29)13-22(7-3-2-4-8-22)12-19(28)25-21-23-9-11-30-21/h9,11,14-15,18H,2-8,10,12-13,16H2,1H3,(H,23,25,28). The number of piperidine rings is 1. The zero-order valence-electron chi connectivity index (χ0n) is 17.7. The van der Waals surface area contributed by atoms with Gasteiger partial charge in [-0.15, -0.1) is 11.3 Å². The van der Waals surface area contributed by atoms with Crippen LogP contribution in [-0.4, -0.2) is 44.6 Å². The Morgan fingerprint density at radius 1 is 1.23 bits per heavy atom. The lowest BCUT2D eigenvalue weighted by Crippen LogP contribution is -2.44. The molecule has 1 atom stereocenters. The molecule has 2 amide bonds. The monoisotopic (exact) mass is 429 g/mol. The number of anilines is 1. The minimum atomic E-state index is -0.230. The number of carbonyl (C=O) groups is 2. The fourth-order valence-corrected chi connectivity index (χ4v) is 5.51. The van der Waals surface area contributed by atoms with Gasteiger partial charge < -0.3 is 10.2 Å². The first-order valence-corrected chi connectivity index (χ1v) is 11.9. The lowest BCUT2D eigenvalue weighted by Gasteiger charge is -2.39. The molecule has 0 bridgehead atoms. The Morgan fingerprint density at radius 2 is 2.07 bits per heavy atom. The van der Waals surface area contributed by atoms with Crippen LogP contribution in [0.15, 0.2) is 24.0 Å². The molecule has 4 rings (SSSR count). The van der Waals surface area contributed by atoms with Crippen LogP contribution < -0.4 is 5.32 Å². The van der Waals surface area contributed by atoms with Crippen LogP contribution in [0, 0.1) is 12.3 Å². The molecule has 7 nitrogen and oxygen atoms in total. The van der Waals surface area contributed by atoms with E-state index in [9.17, 15) is 9.59 Å². The van der Waals surface area contributed by atoms with Gasteiger partial charge in [-0.2, -0.15) is 5.10 Å². The quantitative estimate of drug-likeness (QED) is 0.747. The Bertz CT molecular complexity index is 857. The summed E-state index contributed by atoms with van der Waals surface area (Å²) in [5.74, 6) is 0.163. The highest BCUT2D eigenvalue weighted by Crippen LogP contribution is 2.43. The van der Waals surface area contributed by atoms with Crippen LogP contribution in [0.3, 0.4) is 0 Å². The molecule has 0 aromatic carbocycles. The van der Waals surface area contributed by atoms with E-state index in [0.717, 1.165) is 50.6 Å². The van der Waals surface area contributed by atoms with Crippen LogP contribution in [-0.2, 0) is 9.59 Å². The van der Waals surface area contributed by atoms with Gasteiger partial charge in [0.25, 0.3) is 0 Å². The second-order valence-electron chi connectivity index (χ2n) is 8.93. The number of thiazole rings is 1. The van der Waals surface area contributed by atoms with Crippen molar-refractivity contribution < 1.29 is 9.59 Å². The summed E-state index contributed by atoms with van der Waals surface area (Å²) in [4.78, 5) is 32.2. The smallest absolute Gasteiger partial charge is 0.226 e. The first kappa shape index (κ1) is 21.0. The molecule has 2 aliphatic rings. The molecule has 1 N–H and O–H groups in total. The van der Waals surface area contributed by atoms with Crippen molar-refractivity contribution in [1.82, 2.24) is 19.7 Å². The average Bonchev–Trinajstić information content (AvgIpc) is 3.40. The highest BCUT2D eigenvalue weighted by Gasteiger charge is 2.38. The zero-order chi connectivity index (χ0) is 21.0. The van der Waals surface area contributed by atoms with E-state index in [0.29, 0.717) is 24.5 Å². The van der Waals surface area contributed by atoms with Crippen molar-refractivity contribution in [2.75, 3.05) is 18.4 Å². The van der Waals surface area contributed by atoms with Crippen molar-refractivity contribution in [2.24, 2.45) is 5.41 Å². The maximum absolute atomic E-state index is 13.3. The number of aryl methyl sites for hydroxylation is 1. The van der Waals surface area contributed by atoms with E-state index in [1.54, 1.807) is 6.20 Å². The zero-order valence-corrected chi connectivity index (χ0v) is 18.5. The van der Waals surface area contributed by atoms with E-state index < -0.39 is 0 Å². The van der Waals surface area contributed by atoms with Crippen molar-refractivity contribution in [3.8, 4) is 0 Å². The Hall–Kier alpha value is -2.22. The van der Waals surface area contributed by atoms with Gasteiger partial charge >= 0.3 is 0 Å². The van der Waals surface area contributed by atoms with E-state index in [1.807, 2.05) is 28.1 Å². The van der Waals surface area contributed by atoms with Crippen molar-refractivity contribution >= 4 is 28.3 Å². The van der Waals surface area contributed by atoms with Gasteiger partial charge in [0.15, 0.2) is 5.13 Å². The minimum absolute atomic E-state index is 0.0248. The highest BCUT2D eigenvalue weighted by atomic mass is 32.1. The predicted molar refractivity (Wildman–Crippen MR) is 117 cm³/mol. The molecule has 8 heteroatoms. The first-order chi connectivity index (χ1) is 14.5. The predicted octanol–water partition coefficient (Wildman–Crippen LogP) is 4.18. The number of nitrogens with zero attached hydrogens (tertiary/aromatic N) is 4. The lowest BCUT2D eigenvalue weighted by molar-refractivity contribution is -0.136. The Balaban J connectivity index is 1.40. The van der Waals surface area contributed by atoms with Gasteiger partial charge in [0, 0.05) is 43.7 Å². The molecule has 1 saturated carbocycles. The van der Waals surface area contributed by atoms with Crippen molar-refractivity contribution in [3.63, 3.8) is 0 Å². The molecule has 3 heterocycles. The summed E-state index contributed by atoms with van der Waals surface area (Å²) in [6.07, 6.45) is 13.8. The molecule has 1 unspecified atom stereocenters. The van der Waals surface area contributed by atoms with Crippen LogP contribution in [0.5, 0.6) is 0 Å². The second-order valence-corrected chi connectivity index (χ2v) is 9.83. The molecule has 1 saturated heterocycles. The van der Waals surface area contributed by atoms with Gasteiger partial charge in [-0.3, -0.25) is 14.3 Å². The van der Waals surface area contributed by atoms with E-state index in [1.165, 1.54) is 17.8 Å². The van der Waals surface area contributed by atoms with Gasteiger partial charge in [-0.1, -0.05) is 19.3 Å². The van der Waals surface area contributed by atoms with Crippen LogP contribution in [0.4, 0.5) is 5.13 Å². The Labute approximate surface area is 181 Å². The SMILES string of the molecule is Cc1cnn(C2CCCN(C(=O)CC3(CC(=O)Nc4nccs4)CCCCC3)C2)c1. The van der Waals surface area contributed by atoms with Crippen LogP contribution in [0.1, 0.15) is 69.4 Å². The van der Waals surface area contributed by atoms with E-state index in [2.05, 4.69) is 21.6 Å². The molecular formula is C22H31N5O2S. The first-order valence-electron chi connectivity index (χ1n) is 11.0. The third-order valence-electron chi connectivity index (χ3n) is 6.51. The van der Waals surface area contributed by atoms with Crippen LogP contribution in [0.2, 0.25) is 0 Å². The highest BCUT2D eigenvalue weighted by molar-refractivity contribution is 7.13. The summed E-state index contributed by atoms with van der Waals surface area (Å²) >= 11 is 1.42. The summed E-state index contributed by atoms with van der Waals surface area (Å²) in [5, 5.41) is 9.85. The number of likely N-dealkylation sites (tertiary alicyclic amines) is 1.